The SMILES string of the molecule is CCCCC[C@H](O)/C=C/[C@@H]1[C@H]2CC[C@H](CCCC(=O)O)SC[C@H]2C[C@H]1O. The number of carboxylic acids is 1. The van der Waals surface area contributed by atoms with Gasteiger partial charge in [-0.2, -0.15) is 11.8 Å². The van der Waals surface area contributed by atoms with Crippen molar-refractivity contribution in [1.82, 2.24) is 0 Å². The molecule has 6 atom stereocenters. The van der Waals surface area contributed by atoms with Crippen LogP contribution >= 0.6 is 11.8 Å². The summed E-state index contributed by atoms with van der Waals surface area (Å²) in [5.41, 5.74) is 0. The fourth-order valence-electron chi connectivity index (χ4n) is 4.52. The Kier molecular flexibility index (Phi) is 9.51. The highest BCUT2D eigenvalue weighted by Gasteiger charge is 2.42. The Bertz CT molecular complexity index is 453. The first-order chi connectivity index (χ1) is 12.5. The molecular formula is C21H36O4S. The number of hydrogen-bond donors (Lipinski definition) is 3. The molecule has 2 fully saturated rings. The van der Waals surface area contributed by atoms with E-state index in [2.05, 4.69) is 13.0 Å². The Balaban J connectivity index is 1.83. The molecule has 2 aliphatic rings. The van der Waals surface area contributed by atoms with E-state index in [1.54, 1.807) is 0 Å². The fraction of sp³-hybridized carbons (Fsp3) is 0.857. The summed E-state index contributed by atoms with van der Waals surface area (Å²) in [6, 6.07) is 0. The first-order valence-electron chi connectivity index (χ1n) is 10.4. The second-order valence-corrected chi connectivity index (χ2v) is 9.40. The zero-order valence-electron chi connectivity index (χ0n) is 16.1. The molecule has 3 N–H and O–H groups in total. The van der Waals surface area contributed by atoms with Crippen molar-refractivity contribution in [1.29, 1.82) is 0 Å². The molecule has 0 aromatic heterocycles. The summed E-state index contributed by atoms with van der Waals surface area (Å²) in [6.45, 7) is 2.16. The number of carboxylic acid groups (broad SMARTS) is 1. The van der Waals surface area contributed by atoms with E-state index in [-0.39, 0.29) is 18.4 Å². The number of rotatable bonds is 10. The van der Waals surface area contributed by atoms with Gasteiger partial charge in [-0.1, -0.05) is 38.3 Å². The molecule has 4 nitrogen and oxygen atoms in total. The van der Waals surface area contributed by atoms with Gasteiger partial charge in [-0.05, 0) is 56.1 Å². The Hall–Kier alpha value is -0.520. The predicted molar refractivity (Wildman–Crippen MR) is 107 cm³/mol. The van der Waals surface area contributed by atoms with Crippen molar-refractivity contribution in [3.05, 3.63) is 12.2 Å². The Morgan fingerprint density at radius 3 is 2.81 bits per heavy atom. The minimum Gasteiger partial charge on any atom is -0.481 e. The molecule has 0 spiro atoms. The average molecular weight is 385 g/mol. The second kappa shape index (κ2) is 11.4. The lowest BCUT2D eigenvalue weighted by molar-refractivity contribution is -0.137. The number of unbranched alkanes of at least 4 members (excludes halogenated alkanes) is 2. The van der Waals surface area contributed by atoms with Crippen molar-refractivity contribution in [2.45, 2.75) is 88.6 Å². The van der Waals surface area contributed by atoms with Gasteiger partial charge in [-0.15, -0.1) is 0 Å². The maximum Gasteiger partial charge on any atom is 0.303 e. The van der Waals surface area contributed by atoms with E-state index < -0.39 is 12.1 Å². The van der Waals surface area contributed by atoms with E-state index in [1.165, 1.54) is 0 Å². The Morgan fingerprint density at radius 1 is 1.27 bits per heavy atom. The maximum atomic E-state index is 10.7. The zero-order valence-corrected chi connectivity index (χ0v) is 16.9. The first-order valence-corrected chi connectivity index (χ1v) is 11.4. The largest absolute Gasteiger partial charge is 0.481 e. The molecule has 0 bridgehead atoms. The topological polar surface area (TPSA) is 77.8 Å². The molecule has 1 saturated heterocycles. The normalized spacial score (nSPS) is 33.1. The van der Waals surface area contributed by atoms with Crippen molar-refractivity contribution in [3.8, 4) is 0 Å². The van der Waals surface area contributed by atoms with Crippen LogP contribution in [0.5, 0.6) is 0 Å². The van der Waals surface area contributed by atoms with Gasteiger partial charge in [-0.25, -0.2) is 0 Å². The summed E-state index contributed by atoms with van der Waals surface area (Å²) in [5, 5.41) is 30.0. The van der Waals surface area contributed by atoms with Crippen LogP contribution in [0.1, 0.15) is 71.1 Å². The number of aliphatic carboxylic acids is 1. The third kappa shape index (κ3) is 6.90. The molecule has 5 heteroatoms. The van der Waals surface area contributed by atoms with Gasteiger partial charge in [0.2, 0.25) is 0 Å². The van der Waals surface area contributed by atoms with Crippen molar-refractivity contribution >= 4 is 17.7 Å². The number of hydrogen-bond acceptors (Lipinski definition) is 4. The molecule has 1 aliphatic carbocycles. The number of aliphatic hydroxyl groups is 2. The highest BCUT2D eigenvalue weighted by molar-refractivity contribution is 7.99. The number of fused-ring (bicyclic) bond motifs is 1. The molecule has 2 rings (SSSR count). The third-order valence-electron chi connectivity index (χ3n) is 6.03. The van der Waals surface area contributed by atoms with Gasteiger partial charge in [0.25, 0.3) is 0 Å². The predicted octanol–water partition coefficient (Wildman–Crippen LogP) is 4.25. The van der Waals surface area contributed by atoms with Gasteiger partial charge in [0.1, 0.15) is 0 Å². The van der Waals surface area contributed by atoms with E-state index in [0.717, 1.165) is 63.5 Å². The van der Waals surface area contributed by atoms with E-state index in [1.807, 2.05) is 17.8 Å². The molecule has 0 amide bonds. The lowest BCUT2D eigenvalue weighted by Crippen LogP contribution is -2.19. The summed E-state index contributed by atoms with van der Waals surface area (Å²) >= 11 is 1.98. The highest BCUT2D eigenvalue weighted by Crippen LogP contribution is 2.46. The summed E-state index contributed by atoms with van der Waals surface area (Å²) in [7, 11) is 0. The Morgan fingerprint density at radius 2 is 2.08 bits per heavy atom. The van der Waals surface area contributed by atoms with Gasteiger partial charge >= 0.3 is 5.97 Å². The van der Waals surface area contributed by atoms with Crippen LogP contribution in [0.25, 0.3) is 0 Å². The summed E-state index contributed by atoms with van der Waals surface area (Å²) in [4.78, 5) is 10.7. The molecule has 0 aromatic carbocycles. The average Bonchev–Trinajstić information content (AvgIpc) is 2.75. The number of thioether (sulfide) groups is 1. The van der Waals surface area contributed by atoms with Gasteiger partial charge < -0.3 is 15.3 Å². The molecule has 0 unspecified atom stereocenters. The standard InChI is InChI=1S/C21H36O4S/c1-2-3-4-6-16(22)9-11-19-18-12-10-17(7-5-8-21(24)25)26-14-15(18)13-20(19)23/h9,11,15-20,22-23H,2-8,10,12-14H2,1H3,(H,24,25)/b11-9+/t15-,16+,17+,18+,19-,20-/m1/s1. The molecule has 0 radical (unpaired) electrons. The number of aliphatic hydroxyl groups excluding tert-OH is 2. The van der Waals surface area contributed by atoms with E-state index >= 15 is 0 Å². The van der Waals surface area contributed by atoms with Crippen LogP contribution in [0.4, 0.5) is 0 Å². The van der Waals surface area contributed by atoms with Crippen LogP contribution < -0.4 is 0 Å². The quantitative estimate of drug-likeness (QED) is 0.388. The lowest BCUT2D eigenvalue weighted by Gasteiger charge is -2.21. The van der Waals surface area contributed by atoms with Crippen LogP contribution in [0.3, 0.4) is 0 Å². The van der Waals surface area contributed by atoms with Crippen molar-refractivity contribution < 1.29 is 20.1 Å². The maximum absolute atomic E-state index is 10.7. The van der Waals surface area contributed by atoms with Gasteiger partial charge in [0, 0.05) is 17.6 Å². The van der Waals surface area contributed by atoms with Crippen LogP contribution in [0, 0.1) is 17.8 Å². The second-order valence-electron chi connectivity index (χ2n) is 8.07. The van der Waals surface area contributed by atoms with E-state index in [9.17, 15) is 15.0 Å². The summed E-state index contributed by atoms with van der Waals surface area (Å²) in [5.74, 6) is 1.58. The van der Waals surface area contributed by atoms with Crippen LogP contribution in [0.15, 0.2) is 12.2 Å². The smallest absolute Gasteiger partial charge is 0.303 e. The fourth-order valence-corrected chi connectivity index (χ4v) is 6.06. The van der Waals surface area contributed by atoms with Gasteiger partial charge in [0.05, 0.1) is 12.2 Å². The van der Waals surface area contributed by atoms with Crippen LogP contribution in [-0.4, -0.2) is 44.5 Å². The Labute approximate surface area is 162 Å². The van der Waals surface area contributed by atoms with E-state index in [0.29, 0.717) is 17.1 Å². The molecular weight excluding hydrogens is 348 g/mol. The van der Waals surface area contributed by atoms with Gasteiger partial charge in [0.15, 0.2) is 0 Å². The first kappa shape index (κ1) is 21.8. The zero-order chi connectivity index (χ0) is 18.9. The van der Waals surface area contributed by atoms with E-state index in [4.69, 9.17) is 5.11 Å². The monoisotopic (exact) mass is 384 g/mol. The van der Waals surface area contributed by atoms with Crippen molar-refractivity contribution in [2.75, 3.05) is 5.75 Å². The highest BCUT2D eigenvalue weighted by atomic mass is 32.2. The molecule has 1 aliphatic heterocycles. The number of carbonyl (C=O) groups is 1. The third-order valence-corrected chi connectivity index (χ3v) is 7.60. The molecule has 0 aromatic rings. The van der Waals surface area contributed by atoms with Crippen molar-refractivity contribution in [2.24, 2.45) is 17.8 Å². The molecule has 26 heavy (non-hydrogen) atoms. The summed E-state index contributed by atoms with van der Waals surface area (Å²) in [6.07, 6.45) is 12.6. The minimum absolute atomic E-state index is 0.166. The van der Waals surface area contributed by atoms with Crippen LogP contribution in [-0.2, 0) is 4.79 Å². The molecule has 150 valence electrons. The van der Waals surface area contributed by atoms with Crippen LogP contribution in [0.2, 0.25) is 0 Å². The minimum atomic E-state index is -0.702. The van der Waals surface area contributed by atoms with Gasteiger partial charge in [-0.3, -0.25) is 4.79 Å². The lowest BCUT2D eigenvalue weighted by atomic mass is 9.84. The molecule has 1 saturated carbocycles. The summed E-state index contributed by atoms with van der Waals surface area (Å²) < 4.78 is 0. The van der Waals surface area contributed by atoms with Crippen molar-refractivity contribution in [3.63, 3.8) is 0 Å². The molecule has 1 heterocycles.